The molecule has 0 aliphatic heterocycles. The van der Waals surface area contributed by atoms with Gasteiger partial charge in [0.15, 0.2) is 5.13 Å². The summed E-state index contributed by atoms with van der Waals surface area (Å²) in [5, 5.41) is 2.02. The van der Waals surface area contributed by atoms with E-state index in [-0.39, 0.29) is 15.3 Å². The Balaban J connectivity index is 1.88. The first-order chi connectivity index (χ1) is 12.9. The summed E-state index contributed by atoms with van der Waals surface area (Å²) in [7, 11) is -4.03. The lowest BCUT2D eigenvalue weighted by atomic mass is 10.1. The van der Waals surface area contributed by atoms with Crippen molar-refractivity contribution in [3.63, 3.8) is 0 Å². The standard InChI is InChI=1S/C19H19FN2O2S3/c1-3-16(14-7-5-4-6-8-14)26-17-12-15(20)18(11-13(17)2)27(23,24)22-19-21-9-10-25-19/h4-12,16H,3H2,1-2H3,(H,21,22)/t16-/m0/s1. The first-order valence-corrected chi connectivity index (χ1v) is 11.6. The van der Waals surface area contributed by atoms with Crippen LogP contribution in [0.4, 0.5) is 9.52 Å². The summed E-state index contributed by atoms with van der Waals surface area (Å²) in [6, 6.07) is 12.7. The minimum absolute atomic E-state index is 0.167. The number of hydrogen-bond donors (Lipinski definition) is 1. The van der Waals surface area contributed by atoms with E-state index < -0.39 is 15.8 Å². The van der Waals surface area contributed by atoms with E-state index in [1.54, 1.807) is 24.1 Å². The molecule has 1 atom stereocenters. The quantitative estimate of drug-likeness (QED) is 0.501. The van der Waals surface area contributed by atoms with Crippen LogP contribution in [0.3, 0.4) is 0 Å². The molecule has 3 rings (SSSR count). The van der Waals surface area contributed by atoms with Crippen molar-refractivity contribution in [2.45, 2.75) is 35.3 Å². The van der Waals surface area contributed by atoms with E-state index in [1.165, 1.54) is 18.3 Å². The van der Waals surface area contributed by atoms with Crippen molar-refractivity contribution in [3.8, 4) is 0 Å². The minimum atomic E-state index is -4.03. The van der Waals surface area contributed by atoms with Crippen LogP contribution in [0.25, 0.3) is 0 Å². The van der Waals surface area contributed by atoms with Gasteiger partial charge in [-0.3, -0.25) is 4.72 Å². The number of aryl methyl sites for hydroxylation is 1. The fourth-order valence-electron chi connectivity index (χ4n) is 2.62. The van der Waals surface area contributed by atoms with Gasteiger partial charge in [0.1, 0.15) is 10.7 Å². The normalized spacial score (nSPS) is 12.7. The van der Waals surface area contributed by atoms with Crippen LogP contribution in [0.2, 0.25) is 0 Å². The average molecular weight is 423 g/mol. The molecule has 0 radical (unpaired) electrons. The van der Waals surface area contributed by atoms with Gasteiger partial charge in [0, 0.05) is 21.7 Å². The summed E-state index contributed by atoms with van der Waals surface area (Å²) < 4.78 is 42.0. The molecule has 0 spiro atoms. The maximum Gasteiger partial charge on any atom is 0.266 e. The third-order valence-electron chi connectivity index (χ3n) is 3.98. The SMILES string of the molecule is CC[C@H](Sc1cc(F)c(S(=O)(=O)Nc2nccs2)cc1C)c1ccccc1. The minimum Gasteiger partial charge on any atom is -0.255 e. The molecule has 0 fully saturated rings. The van der Waals surface area contributed by atoms with E-state index in [2.05, 4.69) is 16.6 Å². The van der Waals surface area contributed by atoms with Gasteiger partial charge in [-0.05, 0) is 36.6 Å². The second kappa shape index (κ2) is 8.41. The van der Waals surface area contributed by atoms with Gasteiger partial charge in [0.2, 0.25) is 0 Å². The van der Waals surface area contributed by atoms with Crippen LogP contribution in [0.5, 0.6) is 0 Å². The van der Waals surface area contributed by atoms with E-state index in [0.717, 1.165) is 33.8 Å². The van der Waals surface area contributed by atoms with Crippen LogP contribution in [0, 0.1) is 12.7 Å². The van der Waals surface area contributed by atoms with Gasteiger partial charge in [-0.2, -0.15) is 0 Å². The van der Waals surface area contributed by atoms with Crippen LogP contribution in [0.15, 0.2) is 63.8 Å². The van der Waals surface area contributed by atoms with Crippen molar-refractivity contribution in [2.24, 2.45) is 0 Å². The zero-order valence-electron chi connectivity index (χ0n) is 14.8. The fourth-order valence-corrected chi connectivity index (χ4v) is 5.74. The highest BCUT2D eigenvalue weighted by atomic mass is 32.2. The molecule has 0 unspecified atom stereocenters. The number of halogens is 1. The second-order valence-electron chi connectivity index (χ2n) is 5.92. The van der Waals surface area contributed by atoms with Crippen molar-refractivity contribution in [1.29, 1.82) is 0 Å². The summed E-state index contributed by atoms with van der Waals surface area (Å²) in [5.41, 5.74) is 1.88. The monoisotopic (exact) mass is 422 g/mol. The highest BCUT2D eigenvalue weighted by Gasteiger charge is 2.23. The maximum atomic E-state index is 14.7. The number of nitrogens with zero attached hydrogens (tertiary/aromatic N) is 1. The van der Waals surface area contributed by atoms with E-state index in [9.17, 15) is 12.8 Å². The topological polar surface area (TPSA) is 59.1 Å². The molecule has 0 saturated heterocycles. The first-order valence-electron chi connectivity index (χ1n) is 8.34. The van der Waals surface area contributed by atoms with Crippen molar-refractivity contribution >= 4 is 38.3 Å². The molecular formula is C19H19FN2O2S3. The van der Waals surface area contributed by atoms with E-state index in [4.69, 9.17) is 0 Å². The lowest BCUT2D eigenvalue weighted by molar-refractivity contribution is 0.567. The van der Waals surface area contributed by atoms with Crippen LogP contribution < -0.4 is 4.72 Å². The maximum absolute atomic E-state index is 14.7. The molecule has 0 aliphatic rings. The number of benzene rings is 2. The van der Waals surface area contributed by atoms with Crippen LogP contribution in [-0.4, -0.2) is 13.4 Å². The molecule has 1 heterocycles. The Labute approximate surface area is 166 Å². The van der Waals surface area contributed by atoms with Crippen LogP contribution in [-0.2, 0) is 10.0 Å². The molecule has 3 aromatic rings. The zero-order chi connectivity index (χ0) is 19.4. The molecule has 2 aromatic carbocycles. The van der Waals surface area contributed by atoms with Gasteiger partial charge in [0.25, 0.3) is 10.0 Å². The van der Waals surface area contributed by atoms with Gasteiger partial charge in [-0.25, -0.2) is 17.8 Å². The van der Waals surface area contributed by atoms with E-state index in [1.807, 2.05) is 30.3 Å². The molecule has 1 aromatic heterocycles. The Morgan fingerprint density at radius 1 is 1.26 bits per heavy atom. The Morgan fingerprint density at radius 2 is 2.00 bits per heavy atom. The molecule has 0 aliphatic carbocycles. The van der Waals surface area contributed by atoms with Crippen molar-refractivity contribution in [3.05, 3.63) is 71.0 Å². The Bertz CT molecular complexity index is 1010. The molecule has 142 valence electrons. The highest BCUT2D eigenvalue weighted by Crippen LogP contribution is 2.40. The molecule has 4 nitrogen and oxygen atoms in total. The lowest BCUT2D eigenvalue weighted by Crippen LogP contribution is -2.15. The summed E-state index contributed by atoms with van der Waals surface area (Å²) in [6.07, 6.45) is 2.36. The number of rotatable bonds is 7. The zero-order valence-corrected chi connectivity index (χ0v) is 17.3. The second-order valence-corrected chi connectivity index (χ2v) is 9.71. The Hall–Kier alpha value is -1.90. The van der Waals surface area contributed by atoms with Gasteiger partial charge in [-0.15, -0.1) is 23.1 Å². The largest absolute Gasteiger partial charge is 0.266 e. The Kier molecular flexibility index (Phi) is 6.18. The van der Waals surface area contributed by atoms with Crippen LogP contribution >= 0.6 is 23.1 Å². The number of thioether (sulfide) groups is 1. The van der Waals surface area contributed by atoms with Gasteiger partial charge in [-0.1, -0.05) is 37.3 Å². The highest BCUT2D eigenvalue weighted by molar-refractivity contribution is 7.99. The summed E-state index contributed by atoms with van der Waals surface area (Å²) in [4.78, 5) is 4.25. The third-order valence-corrected chi connectivity index (χ3v) is 7.74. The smallest absolute Gasteiger partial charge is 0.255 e. The number of anilines is 1. The fraction of sp³-hybridized carbons (Fsp3) is 0.211. The number of aromatic nitrogens is 1. The lowest BCUT2D eigenvalue weighted by Gasteiger charge is -2.17. The van der Waals surface area contributed by atoms with Gasteiger partial charge < -0.3 is 0 Å². The summed E-state index contributed by atoms with van der Waals surface area (Å²) in [6.45, 7) is 3.87. The van der Waals surface area contributed by atoms with Crippen molar-refractivity contribution in [2.75, 3.05) is 4.72 Å². The third kappa shape index (κ3) is 4.69. The summed E-state index contributed by atoms with van der Waals surface area (Å²) >= 11 is 2.68. The molecule has 0 bridgehead atoms. The number of sulfonamides is 1. The summed E-state index contributed by atoms with van der Waals surface area (Å²) in [5.74, 6) is -0.768. The Morgan fingerprint density at radius 3 is 2.63 bits per heavy atom. The molecule has 8 heteroatoms. The van der Waals surface area contributed by atoms with E-state index in [0.29, 0.717) is 0 Å². The molecule has 1 N–H and O–H groups in total. The molecule has 27 heavy (non-hydrogen) atoms. The first kappa shape index (κ1) is 19.9. The van der Waals surface area contributed by atoms with E-state index >= 15 is 0 Å². The predicted molar refractivity (Wildman–Crippen MR) is 109 cm³/mol. The number of nitrogens with one attached hydrogen (secondary N) is 1. The molecule has 0 amide bonds. The average Bonchev–Trinajstić information content (AvgIpc) is 3.15. The molecular weight excluding hydrogens is 403 g/mol. The number of hydrogen-bond acceptors (Lipinski definition) is 5. The van der Waals surface area contributed by atoms with Gasteiger partial charge in [0.05, 0.1) is 0 Å². The number of thiazole rings is 1. The van der Waals surface area contributed by atoms with Gasteiger partial charge >= 0.3 is 0 Å². The predicted octanol–water partition coefficient (Wildman–Crippen LogP) is 5.63. The molecule has 0 saturated carbocycles. The van der Waals surface area contributed by atoms with Crippen molar-refractivity contribution < 1.29 is 12.8 Å². The van der Waals surface area contributed by atoms with Crippen molar-refractivity contribution in [1.82, 2.24) is 4.98 Å². The van der Waals surface area contributed by atoms with Crippen LogP contribution in [0.1, 0.15) is 29.7 Å².